The second-order valence-corrected chi connectivity index (χ2v) is 6.53. The van der Waals surface area contributed by atoms with Gasteiger partial charge >= 0.3 is 7.60 Å². The van der Waals surface area contributed by atoms with Gasteiger partial charge in [-0.2, -0.15) is 0 Å². The predicted molar refractivity (Wildman–Crippen MR) is 72.2 cm³/mol. The highest BCUT2D eigenvalue weighted by atomic mass is 31.2. The zero-order valence-electron chi connectivity index (χ0n) is 11.1. The van der Waals surface area contributed by atoms with Gasteiger partial charge in [0.15, 0.2) is 0 Å². The van der Waals surface area contributed by atoms with E-state index in [1.165, 1.54) is 24.3 Å². The number of benzene rings is 1. The molecule has 3 unspecified atom stereocenters. The normalized spacial score (nSPS) is 17.5. The van der Waals surface area contributed by atoms with E-state index >= 15 is 0 Å². The molecule has 0 aromatic heterocycles. The Labute approximate surface area is 112 Å². The molecular formula is C12H18NO5P. The van der Waals surface area contributed by atoms with Crippen molar-refractivity contribution in [2.45, 2.75) is 39.0 Å². The topological polar surface area (TPSA) is 89.7 Å². The number of rotatable bonds is 6. The number of nitro benzene ring substituents is 1. The van der Waals surface area contributed by atoms with E-state index in [1.807, 2.05) is 6.92 Å². The van der Waals surface area contributed by atoms with Gasteiger partial charge in [-0.05, 0) is 25.8 Å². The van der Waals surface area contributed by atoms with Gasteiger partial charge in [-0.1, -0.05) is 19.1 Å². The maximum atomic E-state index is 12.1. The van der Waals surface area contributed by atoms with Gasteiger partial charge in [-0.15, -0.1) is 0 Å². The van der Waals surface area contributed by atoms with Gasteiger partial charge in [0.05, 0.1) is 16.7 Å². The summed E-state index contributed by atoms with van der Waals surface area (Å²) in [6, 6.07) is 5.58. The van der Waals surface area contributed by atoms with Crippen LogP contribution in [0.15, 0.2) is 24.3 Å². The fourth-order valence-electron chi connectivity index (χ4n) is 1.49. The Morgan fingerprint density at radius 3 is 2.32 bits per heavy atom. The van der Waals surface area contributed by atoms with Crippen LogP contribution in [-0.4, -0.2) is 15.9 Å². The standard InChI is InChI=1S/C12H18NO5P/c1-4-9(2)18-19(16,17)10(3)11-5-7-12(8-6-11)13(14)15/h5-10H,4H2,1-3H3,(H,16,17). The minimum absolute atomic E-state index is 0.0495. The molecule has 0 aliphatic carbocycles. The first-order valence-corrected chi connectivity index (χ1v) is 7.67. The summed E-state index contributed by atoms with van der Waals surface area (Å²) in [6.45, 7) is 5.16. The van der Waals surface area contributed by atoms with Crippen LogP contribution in [0.5, 0.6) is 0 Å². The third-order valence-electron chi connectivity index (χ3n) is 2.98. The van der Waals surface area contributed by atoms with Crippen LogP contribution in [0.4, 0.5) is 5.69 Å². The molecule has 0 radical (unpaired) electrons. The van der Waals surface area contributed by atoms with E-state index in [0.29, 0.717) is 12.0 Å². The van der Waals surface area contributed by atoms with Crippen molar-refractivity contribution >= 4 is 13.3 Å². The maximum Gasteiger partial charge on any atom is 0.335 e. The summed E-state index contributed by atoms with van der Waals surface area (Å²) < 4.78 is 17.3. The van der Waals surface area contributed by atoms with Crippen molar-refractivity contribution in [2.75, 3.05) is 0 Å². The molecule has 0 aliphatic rings. The van der Waals surface area contributed by atoms with Crippen LogP contribution in [0.3, 0.4) is 0 Å². The van der Waals surface area contributed by atoms with Crippen LogP contribution < -0.4 is 0 Å². The third kappa shape index (κ3) is 4.13. The second kappa shape index (κ2) is 6.28. The molecule has 1 aromatic rings. The minimum Gasteiger partial charge on any atom is -0.324 e. The van der Waals surface area contributed by atoms with E-state index < -0.39 is 18.2 Å². The lowest BCUT2D eigenvalue weighted by molar-refractivity contribution is -0.384. The molecule has 6 nitrogen and oxygen atoms in total. The maximum absolute atomic E-state index is 12.1. The molecular weight excluding hydrogens is 269 g/mol. The monoisotopic (exact) mass is 287 g/mol. The molecule has 106 valence electrons. The summed E-state index contributed by atoms with van der Waals surface area (Å²) in [6.07, 6.45) is 0.327. The zero-order valence-corrected chi connectivity index (χ0v) is 12.0. The number of hydrogen-bond acceptors (Lipinski definition) is 4. The number of nitro groups is 1. The Morgan fingerprint density at radius 1 is 1.37 bits per heavy atom. The molecule has 0 saturated heterocycles. The first kappa shape index (κ1) is 15.8. The molecule has 3 atom stereocenters. The van der Waals surface area contributed by atoms with Gasteiger partial charge < -0.3 is 9.42 Å². The Kier molecular flexibility index (Phi) is 5.23. The third-order valence-corrected chi connectivity index (χ3v) is 4.92. The molecule has 0 heterocycles. The van der Waals surface area contributed by atoms with Gasteiger partial charge in [0.1, 0.15) is 0 Å². The summed E-state index contributed by atoms with van der Waals surface area (Å²) in [5.41, 5.74) is -0.228. The van der Waals surface area contributed by atoms with Gasteiger partial charge in [-0.3, -0.25) is 14.7 Å². The molecule has 19 heavy (non-hydrogen) atoms. The van der Waals surface area contributed by atoms with Crippen LogP contribution in [0.2, 0.25) is 0 Å². The van der Waals surface area contributed by atoms with Crippen LogP contribution in [0.25, 0.3) is 0 Å². The van der Waals surface area contributed by atoms with E-state index in [1.54, 1.807) is 13.8 Å². The fourth-order valence-corrected chi connectivity index (χ4v) is 2.88. The lowest BCUT2D eigenvalue weighted by Crippen LogP contribution is -2.08. The molecule has 7 heteroatoms. The smallest absolute Gasteiger partial charge is 0.324 e. The van der Waals surface area contributed by atoms with Crippen LogP contribution >= 0.6 is 7.60 Å². The summed E-state index contributed by atoms with van der Waals surface area (Å²) in [5.74, 6) is 0. The largest absolute Gasteiger partial charge is 0.335 e. The van der Waals surface area contributed by atoms with Crippen LogP contribution in [0, 0.1) is 10.1 Å². The summed E-state index contributed by atoms with van der Waals surface area (Å²) in [5, 5.41) is 10.5. The van der Waals surface area contributed by atoms with E-state index in [2.05, 4.69) is 0 Å². The molecule has 1 rings (SSSR count). The van der Waals surface area contributed by atoms with Crippen molar-refractivity contribution in [1.82, 2.24) is 0 Å². The van der Waals surface area contributed by atoms with Crippen molar-refractivity contribution in [2.24, 2.45) is 0 Å². The highest BCUT2D eigenvalue weighted by Gasteiger charge is 2.31. The first-order chi connectivity index (χ1) is 8.77. The van der Waals surface area contributed by atoms with E-state index in [4.69, 9.17) is 4.52 Å². The molecule has 0 fully saturated rings. The SMILES string of the molecule is CCC(C)OP(=O)(O)C(C)c1ccc([N+](=O)[O-])cc1. The van der Waals surface area contributed by atoms with Crippen LogP contribution in [-0.2, 0) is 9.09 Å². The van der Waals surface area contributed by atoms with E-state index in [-0.39, 0.29) is 11.8 Å². The zero-order chi connectivity index (χ0) is 14.6. The minimum atomic E-state index is -3.79. The van der Waals surface area contributed by atoms with Crippen molar-refractivity contribution in [3.8, 4) is 0 Å². The molecule has 1 aromatic carbocycles. The molecule has 1 N–H and O–H groups in total. The highest BCUT2D eigenvalue weighted by Crippen LogP contribution is 2.57. The number of non-ortho nitro benzene ring substituents is 1. The van der Waals surface area contributed by atoms with Gasteiger partial charge in [0.2, 0.25) is 0 Å². The Bertz CT molecular complexity index is 487. The molecule has 0 spiro atoms. The van der Waals surface area contributed by atoms with Gasteiger partial charge in [0, 0.05) is 12.1 Å². The quantitative estimate of drug-likeness (QED) is 0.490. The number of hydrogen-bond donors (Lipinski definition) is 1. The van der Waals surface area contributed by atoms with Gasteiger partial charge in [-0.25, -0.2) is 0 Å². The molecule has 0 saturated carbocycles. The first-order valence-electron chi connectivity index (χ1n) is 6.03. The van der Waals surface area contributed by atoms with Gasteiger partial charge in [0.25, 0.3) is 5.69 Å². The average Bonchev–Trinajstić information content (AvgIpc) is 2.37. The summed E-state index contributed by atoms with van der Waals surface area (Å²) in [4.78, 5) is 19.9. The summed E-state index contributed by atoms with van der Waals surface area (Å²) in [7, 11) is -3.79. The Morgan fingerprint density at radius 2 is 1.89 bits per heavy atom. The summed E-state index contributed by atoms with van der Waals surface area (Å²) >= 11 is 0. The van der Waals surface area contributed by atoms with Crippen molar-refractivity contribution in [1.29, 1.82) is 0 Å². The lowest BCUT2D eigenvalue weighted by atomic mass is 10.1. The molecule has 0 bridgehead atoms. The lowest BCUT2D eigenvalue weighted by Gasteiger charge is -2.22. The van der Waals surface area contributed by atoms with Crippen molar-refractivity contribution in [3.63, 3.8) is 0 Å². The predicted octanol–water partition coefficient (Wildman–Crippen LogP) is 3.66. The molecule has 0 amide bonds. The van der Waals surface area contributed by atoms with Crippen LogP contribution in [0.1, 0.15) is 38.4 Å². The average molecular weight is 287 g/mol. The number of nitrogens with zero attached hydrogens (tertiary/aromatic N) is 1. The van der Waals surface area contributed by atoms with E-state index in [0.717, 1.165) is 0 Å². The highest BCUT2D eigenvalue weighted by molar-refractivity contribution is 7.53. The Balaban J connectivity index is 2.90. The fraction of sp³-hybridized carbons (Fsp3) is 0.500. The second-order valence-electron chi connectivity index (χ2n) is 4.41. The van der Waals surface area contributed by atoms with E-state index in [9.17, 15) is 19.6 Å². The Hall–Kier alpha value is -1.23. The molecule has 0 aliphatic heterocycles. The van der Waals surface area contributed by atoms with Crippen molar-refractivity contribution in [3.05, 3.63) is 39.9 Å². The van der Waals surface area contributed by atoms with Crippen molar-refractivity contribution < 1.29 is 18.9 Å².